The van der Waals surface area contributed by atoms with Crippen LogP contribution < -0.4 is 0 Å². The zero-order valence-electron chi connectivity index (χ0n) is 7.09. The highest BCUT2D eigenvalue weighted by Gasteiger charge is 2.13. The lowest BCUT2D eigenvalue weighted by molar-refractivity contribution is 0.0606. The zero-order valence-corrected chi connectivity index (χ0v) is 7.09. The first-order chi connectivity index (χ1) is 4.45. The van der Waals surface area contributed by atoms with Gasteiger partial charge in [-0.3, -0.25) is 0 Å². The molecule has 0 saturated heterocycles. The molecule has 0 aliphatic rings. The largest absolute Gasteiger partial charge is 0.396 e. The molecule has 0 saturated carbocycles. The van der Waals surface area contributed by atoms with Gasteiger partial charge >= 0.3 is 0 Å². The highest BCUT2D eigenvalue weighted by atomic mass is 16.3. The summed E-state index contributed by atoms with van der Waals surface area (Å²) in [5.41, 5.74) is -0.580. The van der Waals surface area contributed by atoms with E-state index in [0.717, 1.165) is 12.8 Å². The van der Waals surface area contributed by atoms with Crippen LogP contribution in [0.5, 0.6) is 0 Å². The smallest absolute Gasteiger partial charge is 0.0591 e. The van der Waals surface area contributed by atoms with E-state index in [1.807, 2.05) is 6.92 Å². The monoisotopic (exact) mass is 146 g/mol. The van der Waals surface area contributed by atoms with E-state index in [1.54, 1.807) is 13.8 Å². The van der Waals surface area contributed by atoms with E-state index < -0.39 is 5.60 Å². The molecule has 0 aromatic carbocycles. The van der Waals surface area contributed by atoms with Gasteiger partial charge in [0, 0.05) is 6.61 Å². The SMILES string of the molecule is CC(CO)CCC(C)(C)O. The first-order valence-electron chi connectivity index (χ1n) is 3.79. The number of aliphatic hydroxyl groups is 2. The zero-order chi connectivity index (χ0) is 8.20. The maximum atomic E-state index is 9.28. The average molecular weight is 146 g/mol. The van der Waals surface area contributed by atoms with Crippen molar-refractivity contribution in [3.8, 4) is 0 Å². The Balaban J connectivity index is 3.36. The van der Waals surface area contributed by atoms with E-state index in [-0.39, 0.29) is 6.61 Å². The van der Waals surface area contributed by atoms with Crippen molar-refractivity contribution in [3.63, 3.8) is 0 Å². The summed E-state index contributed by atoms with van der Waals surface area (Å²) in [5.74, 6) is 0.312. The summed E-state index contributed by atoms with van der Waals surface area (Å²) >= 11 is 0. The average Bonchev–Trinajstić information content (AvgIpc) is 1.81. The van der Waals surface area contributed by atoms with Crippen LogP contribution in [0.3, 0.4) is 0 Å². The molecule has 2 nitrogen and oxygen atoms in total. The van der Waals surface area contributed by atoms with Crippen molar-refractivity contribution in [3.05, 3.63) is 0 Å². The van der Waals surface area contributed by atoms with Crippen molar-refractivity contribution in [1.82, 2.24) is 0 Å². The van der Waals surface area contributed by atoms with E-state index in [0.29, 0.717) is 5.92 Å². The van der Waals surface area contributed by atoms with E-state index in [1.165, 1.54) is 0 Å². The normalized spacial score (nSPS) is 15.3. The third-order valence-corrected chi connectivity index (χ3v) is 1.56. The summed E-state index contributed by atoms with van der Waals surface area (Å²) in [6.45, 7) is 5.77. The molecule has 0 radical (unpaired) electrons. The van der Waals surface area contributed by atoms with Gasteiger partial charge in [0.2, 0.25) is 0 Å². The Morgan fingerprint density at radius 3 is 2.20 bits per heavy atom. The van der Waals surface area contributed by atoms with Gasteiger partial charge in [-0.25, -0.2) is 0 Å². The van der Waals surface area contributed by atoms with Crippen LogP contribution >= 0.6 is 0 Å². The summed E-state index contributed by atoms with van der Waals surface area (Å²) in [5, 5.41) is 17.9. The van der Waals surface area contributed by atoms with Gasteiger partial charge in [-0.1, -0.05) is 6.92 Å². The number of rotatable bonds is 4. The van der Waals surface area contributed by atoms with Crippen LogP contribution in [-0.2, 0) is 0 Å². The van der Waals surface area contributed by atoms with Crippen LogP contribution in [0.4, 0.5) is 0 Å². The molecule has 10 heavy (non-hydrogen) atoms. The van der Waals surface area contributed by atoms with Gasteiger partial charge in [-0.15, -0.1) is 0 Å². The molecule has 62 valence electrons. The first kappa shape index (κ1) is 9.92. The van der Waals surface area contributed by atoms with Gasteiger partial charge in [0.15, 0.2) is 0 Å². The van der Waals surface area contributed by atoms with E-state index >= 15 is 0 Å². The lowest BCUT2D eigenvalue weighted by Crippen LogP contribution is -2.19. The van der Waals surface area contributed by atoms with Crippen molar-refractivity contribution in [2.45, 2.75) is 39.2 Å². The summed E-state index contributed by atoms with van der Waals surface area (Å²) in [6.07, 6.45) is 1.65. The fraction of sp³-hybridized carbons (Fsp3) is 1.00. The molecule has 0 aliphatic carbocycles. The number of hydrogen-bond acceptors (Lipinski definition) is 2. The molecule has 2 N–H and O–H groups in total. The van der Waals surface area contributed by atoms with E-state index in [9.17, 15) is 5.11 Å². The van der Waals surface area contributed by atoms with Gasteiger partial charge in [-0.2, -0.15) is 0 Å². The molecule has 0 aliphatic heterocycles. The molecule has 0 heterocycles. The Hall–Kier alpha value is -0.0800. The second kappa shape index (κ2) is 3.94. The van der Waals surface area contributed by atoms with Crippen LogP contribution in [-0.4, -0.2) is 22.4 Å². The van der Waals surface area contributed by atoms with Crippen LogP contribution in [0.25, 0.3) is 0 Å². The summed E-state index contributed by atoms with van der Waals surface area (Å²) < 4.78 is 0. The summed E-state index contributed by atoms with van der Waals surface area (Å²) in [7, 11) is 0. The Kier molecular flexibility index (Phi) is 3.91. The van der Waals surface area contributed by atoms with Crippen LogP contribution in [0.1, 0.15) is 33.6 Å². The van der Waals surface area contributed by atoms with Crippen molar-refractivity contribution >= 4 is 0 Å². The summed E-state index contributed by atoms with van der Waals surface area (Å²) in [4.78, 5) is 0. The quantitative estimate of drug-likeness (QED) is 0.625. The second-order valence-corrected chi connectivity index (χ2v) is 3.64. The Morgan fingerprint density at radius 2 is 1.90 bits per heavy atom. The molecule has 2 heteroatoms. The molecule has 0 aromatic heterocycles. The lowest BCUT2D eigenvalue weighted by Gasteiger charge is -2.18. The molecule has 0 bridgehead atoms. The minimum absolute atomic E-state index is 0.218. The maximum Gasteiger partial charge on any atom is 0.0591 e. The van der Waals surface area contributed by atoms with Gasteiger partial charge in [-0.05, 0) is 32.6 Å². The van der Waals surface area contributed by atoms with Gasteiger partial charge in [0.05, 0.1) is 5.60 Å². The van der Waals surface area contributed by atoms with Gasteiger partial charge in [0.1, 0.15) is 0 Å². The minimum atomic E-state index is -0.580. The molecular weight excluding hydrogens is 128 g/mol. The van der Waals surface area contributed by atoms with E-state index in [4.69, 9.17) is 5.11 Å². The molecule has 0 rings (SSSR count). The van der Waals surface area contributed by atoms with Crippen LogP contribution in [0, 0.1) is 5.92 Å². The third-order valence-electron chi connectivity index (χ3n) is 1.56. The fourth-order valence-electron chi connectivity index (χ4n) is 0.691. The first-order valence-corrected chi connectivity index (χ1v) is 3.79. The van der Waals surface area contributed by atoms with Crippen molar-refractivity contribution in [2.75, 3.05) is 6.61 Å². The fourth-order valence-corrected chi connectivity index (χ4v) is 0.691. The van der Waals surface area contributed by atoms with Gasteiger partial charge < -0.3 is 10.2 Å². The van der Waals surface area contributed by atoms with Crippen LogP contribution in [0.2, 0.25) is 0 Å². The molecule has 1 atom stereocenters. The van der Waals surface area contributed by atoms with E-state index in [2.05, 4.69) is 0 Å². The lowest BCUT2D eigenvalue weighted by atomic mass is 9.97. The van der Waals surface area contributed by atoms with Crippen molar-refractivity contribution in [2.24, 2.45) is 5.92 Å². The topological polar surface area (TPSA) is 40.5 Å². The van der Waals surface area contributed by atoms with Crippen molar-refractivity contribution in [1.29, 1.82) is 0 Å². The highest BCUT2D eigenvalue weighted by Crippen LogP contribution is 2.14. The highest BCUT2D eigenvalue weighted by molar-refractivity contribution is 4.66. The molecule has 0 spiro atoms. The Bertz CT molecular complexity index is 83.7. The standard InChI is InChI=1S/C8H18O2/c1-7(6-9)4-5-8(2,3)10/h7,9-10H,4-6H2,1-3H3. The molecular formula is C8H18O2. The Morgan fingerprint density at radius 1 is 1.40 bits per heavy atom. The maximum absolute atomic E-state index is 9.28. The van der Waals surface area contributed by atoms with Crippen molar-refractivity contribution < 1.29 is 10.2 Å². The number of aliphatic hydroxyl groups excluding tert-OH is 1. The molecule has 1 unspecified atom stereocenters. The molecule has 0 amide bonds. The predicted molar refractivity (Wildman–Crippen MR) is 41.8 cm³/mol. The molecule has 0 aromatic rings. The minimum Gasteiger partial charge on any atom is -0.396 e. The second-order valence-electron chi connectivity index (χ2n) is 3.64. The summed E-state index contributed by atoms with van der Waals surface area (Å²) in [6, 6.07) is 0. The van der Waals surface area contributed by atoms with Crippen LogP contribution in [0.15, 0.2) is 0 Å². The van der Waals surface area contributed by atoms with Gasteiger partial charge in [0.25, 0.3) is 0 Å². The number of hydrogen-bond donors (Lipinski definition) is 2. The Labute approximate surface area is 62.9 Å². The third kappa shape index (κ3) is 6.05. The molecule has 0 fully saturated rings. The predicted octanol–water partition coefficient (Wildman–Crippen LogP) is 1.17.